The number of nitrogens with zero attached hydrogens (tertiary/aromatic N) is 2. The molecule has 28 heavy (non-hydrogen) atoms. The summed E-state index contributed by atoms with van der Waals surface area (Å²) in [6, 6.07) is 8.19. The van der Waals surface area contributed by atoms with Crippen molar-refractivity contribution < 1.29 is 9.47 Å². The second-order valence-corrected chi connectivity index (χ2v) is 6.71. The number of rotatable bonds is 14. The molecule has 0 aliphatic carbocycles. The van der Waals surface area contributed by atoms with Gasteiger partial charge in [-0.1, -0.05) is 17.7 Å². The molecule has 0 saturated heterocycles. The summed E-state index contributed by atoms with van der Waals surface area (Å²) in [7, 11) is 3.88. The van der Waals surface area contributed by atoms with Crippen molar-refractivity contribution >= 4 is 29.9 Å². The van der Waals surface area contributed by atoms with Crippen LogP contribution in [0, 0.1) is 6.92 Å². The van der Waals surface area contributed by atoms with Gasteiger partial charge in [-0.3, -0.25) is 4.99 Å². The van der Waals surface area contributed by atoms with Gasteiger partial charge in [-0.15, -0.1) is 24.0 Å². The van der Waals surface area contributed by atoms with E-state index >= 15 is 0 Å². The first-order valence-electron chi connectivity index (χ1n) is 10.0. The van der Waals surface area contributed by atoms with Crippen molar-refractivity contribution in [1.82, 2.24) is 15.5 Å². The zero-order valence-corrected chi connectivity index (χ0v) is 20.3. The van der Waals surface area contributed by atoms with E-state index in [1.54, 1.807) is 7.11 Å². The van der Waals surface area contributed by atoms with E-state index in [1.165, 1.54) is 5.56 Å². The second kappa shape index (κ2) is 18.0. The maximum Gasteiger partial charge on any atom is 0.191 e. The summed E-state index contributed by atoms with van der Waals surface area (Å²) in [5.41, 5.74) is 1.25. The molecule has 0 aliphatic heterocycles. The maximum atomic E-state index is 5.75. The van der Waals surface area contributed by atoms with Crippen LogP contribution in [0.2, 0.25) is 0 Å². The molecule has 1 aromatic carbocycles. The predicted molar refractivity (Wildman–Crippen MR) is 129 cm³/mol. The summed E-state index contributed by atoms with van der Waals surface area (Å²) in [6.07, 6.45) is 3.07. The van der Waals surface area contributed by atoms with Crippen molar-refractivity contribution in [2.45, 2.75) is 33.1 Å². The van der Waals surface area contributed by atoms with Crippen LogP contribution < -0.4 is 15.4 Å². The molecule has 1 rings (SSSR count). The number of aliphatic imine (C=N–C) groups is 1. The van der Waals surface area contributed by atoms with Gasteiger partial charge in [-0.05, 0) is 52.3 Å². The monoisotopic (exact) mass is 506 g/mol. The molecule has 1 aromatic rings. The molecule has 162 valence electrons. The van der Waals surface area contributed by atoms with Crippen LogP contribution in [-0.4, -0.2) is 71.0 Å². The third-order valence-electron chi connectivity index (χ3n) is 4.13. The Hall–Kier alpha value is -1.06. The Morgan fingerprint density at radius 3 is 2.46 bits per heavy atom. The molecule has 0 aliphatic rings. The van der Waals surface area contributed by atoms with Crippen molar-refractivity contribution in [2.75, 3.05) is 60.1 Å². The number of ether oxygens (including phenoxy) is 2. The Labute approximate surface area is 188 Å². The van der Waals surface area contributed by atoms with Crippen LogP contribution in [0.5, 0.6) is 5.75 Å². The Balaban J connectivity index is 0.00000729. The number of nitrogens with one attached hydrogen (secondary N) is 2. The van der Waals surface area contributed by atoms with E-state index in [0.29, 0.717) is 0 Å². The van der Waals surface area contributed by atoms with E-state index in [1.807, 2.05) is 12.1 Å². The number of halogens is 1. The highest BCUT2D eigenvalue weighted by Crippen LogP contribution is 2.11. The van der Waals surface area contributed by atoms with Gasteiger partial charge in [0.1, 0.15) is 5.75 Å². The van der Waals surface area contributed by atoms with Gasteiger partial charge in [0.2, 0.25) is 0 Å². The third-order valence-corrected chi connectivity index (χ3v) is 4.13. The van der Waals surface area contributed by atoms with Gasteiger partial charge in [0.15, 0.2) is 5.96 Å². The minimum Gasteiger partial charge on any atom is -0.494 e. The fourth-order valence-electron chi connectivity index (χ4n) is 2.53. The molecule has 0 radical (unpaired) electrons. The van der Waals surface area contributed by atoms with Crippen molar-refractivity contribution in [3.8, 4) is 5.75 Å². The highest BCUT2D eigenvalue weighted by Gasteiger charge is 2.00. The fourth-order valence-corrected chi connectivity index (χ4v) is 2.53. The largest absolute Gasteiger partial charge is 0.494 e. The van der Waals surface area contributed by atoms with Crippen LogP contribution in [0.3, 0.4) is 0 Å². The lowest BCUT2D eigenvalue weighted by molar-refractivity contribution is 0.180. The second-order valence-electron chi connectivity index (χ2n) is 6.71. The van der Waals surface area contributed by atoms with Gasteiger partial charge < -0.3 is 25.0 Å². The molecule has 0 unspecified atom stereocenters. The van der Waals surface area contributed by atoms with Gasteiger partial charge >= 0.3 is 0 Å². The molecule has 6 nitrogen and oxygen atoms in total. The summed E-state index contributed by atoms with van der Waals surface area (Å²) in [5, 5.41) is 6.70. The summed E-state index contributed by atoms with van der Waals surface area (Å²) >= 11 is 0. The normalized spacial score (nSPS) is 11.2. The minimum atomic E-state index is 0. The number of unbranched alkanes of at least 4 members (excludes halogenated alkanes) is 1. The molecule has 7 heteroatoms. The third kappa shape index (κ3) is 14.0. The number of methoxy groups -OCH3 is 1. The van der Waals surface area contributed by atoms with Gasteiger partial charge in [0.25, 0.3) is 0 Å². The molecular formula is C21H39IN4O2. The summed E-state index contributed by atoms with van der Waals surface area (Å²) in [5.74, 6) is 1.83. The number of guanidine groups is 1. The summed E-state index contributed by atoms with van der Waals surface area (Å²) in [6.45, 7) is 10.3. The quantitative estimate of drug-likeness (QED) is 0.176. The number of likely N-dealkylation sites (N-methyl/N-ethyl adjacent to an activating group) is 1. The van der Waals surface area contributed by atoms with E-state index in [4.69, 9.17) is 9.47 Å². The Bertz CT molecular complexity index is 512. The highest BCUT2D eigenvalue weighted by atomic mass is 127. The summed E-state index contributed by atoms with van der Waals surface area (Å²) < 4.78 is 10.8. The first kappa shape index (κ1) is 26.9. The molecule has 0 aromatic heterocycles. The van der Waals surface area contributed by atoms with Crippen molar-refractivity contribution in [1.29, 1.82) is 0 Å². The number of hydrogen-bond acceptors (Lipinski definition) is 4. The molecule has 0 atom stereocenters. The first-order chi connectivity index (χ1) is 13.2. The first-order valence-corrected chi connectivity index (χ1v) is 10.0. The van der Waals surface area contributed by atoms with Gasteiger partial charge in [0, 0.05) is 46.4 Å². The molecule has 0 fully saturated rings. The lowest BCUT2D eigenvalue weighted by atomic mass is 10.2. The van der Waals surface area contributed by atoms with Gasteiger partial charge in [-0.25, -0.2) is 0 Å². The lowest BCUT2D eigenvalue weighted by Gasteiger charge is -2.18. The Morgan fingerprint density at radius 2 is 1.79 bits per heavy atom. The van der Waals surface area contributed by atoms with E-state index < -0.39 is 0 Å². The lowest BCUT2D eigenvalue weighted by Crippen LogP contribution is -2.41. The molecule has 0 heterocycles. The number of hydrogen-bond donors (Lipinski definition) is 2. The van der Waals surface area contributed by atoms with Crippen LogP contribution in [0.15, 0.2) is 29.3 Å². The molecule has 2 N–H and O–H groups in total. The molecule has 0 saturated carbocycles. The Kier molecular flexibility index (Phi) is 17.3. The SMILES string of the molecule is CCNC(=NCCCCOc1ccc(C)cc1)NCCN(C)CCCOC.I. The molecule has 0 amide bonds. The zero-order chi connectivity index (χ0) is 19.7. The van der Waals surface area contributed by atoms with Crippen molar-refractivity contribution in [3.63, 3.8) is 0 Å². The molecule has 0 bridgehead atoms. The van der Waals surface area contributed by atoms with Crippen LogP contribution in [0.1, 0.15) is 31.7 Å². The minimum absolute atomic E-state index is 0. The van der Waals surface area contributed by atoms with Crippen LogP contribution in [-0.2, 0) is 4.74 Å². The van der Waals surface area contributed by atoms with E-state index in [-0.39, 0.29) is 24.0 Å². The van der Waals surface area contributed by atoms with E-state index in [0.717, 1.165) is 76.9 Å². The molecular weight excluding hydrogens is 467 g/mol. The van der Waals surface area contributed by atoms with Gasteiger partial charge in [0.05, 0.1) is 6.61 Å². The van der Waals surface area contributed by atoms with Crippen LogP contribution in [0.4, 0.5) is 0 Å². The average Bonchev–Trinajstić information content (AvgIpc) is 2.66. The van der Waals surface area contributed by atoms with Crippen molar-refractivity contribution in [2.24, 2.45) is 4.99 Å². The predicted octanol–water partition coefficient (Wildman–Crippen LogP) is 3.30. The maximum absolute atomic E-state index is 5.75. The number of aryl methyl sites for hydroxylation is 1. The van der Waals surface area contributed by atoms with Crippen LogP contribution >= 0.6 is 24.0 Å². The topological polar surface area (TPSA) is 58.1 Å². The molecule has 0 spiro atoms. The standard InChI is InChI=1S/C21H38N4O2.HI/c1-5-22-21(24-14-16-25(3)15-8-17-26-4)23-13-6-7-18-27-20-11-9-19(2)10-12-20;/h9-12H,5-8,13-18H2,1-4H3,(H2,22,23,24);1H. The average molecular weight is 506 g/mol. The van der Waals surface area contributed by atoms with Crippen LogP contribution in [0.25, 0.3) is 0 Å². The zero-order valence-electron chi connectivity index (χ0n) is 18.0. The van der Waals surface area contributed by atoms with Gasteiger partial charge in [-0.2, -0.15) is 0 Å². The summed E-state index contributed by atoms with van der Waals surface area (Å²) in [4.78, 5) is 6.95. The van der Waals surface area contributed by atoms with E-state index in [9.17, 15) is 0 Å². The van der Waals surface area contributed by atoms with E-state index in [2.05, 4.69) is 53.6 Å². The smallest absolute Gasteiger partial charge is 0.191 e. The fraction of sp³-hybridized carbons (Fsp3) is 0.667. The number of benzene rings is 1. The van der Waals surface area contributed by atoms with Crippen molar-refractivity contribution in [3.05, 3.63) is 29.8 Å². The Morgan fingerprint density at radius 1 is 1.04 bits per heavy atom. The highest BCUT2D eigenvalue weighted by molar-refractivity contribution is 14.0.